The van der Waals surface area contributed by atoms with Crippen LogP contribution in [0.4, 0.5) is 14.5 Å². The van der Waals surface area contributed by atoms with Crippen LogP contribution < -0.4 is 5.32 Å². The van der Waals surface area contributed by atoms with Crippen LogP contribution in [0.3, 0.4) is 0 Å². The number of para-hydroxylation sites is 2. The van der Waals surface area contributed by atoms with E-state index < -0.39 is 17.5 Å². The number of nitrogens with one attached hydrogen (secondary N) is 1. The number of hydrogen-bond donors (Lipinski definition) is 1. The number of rotatable bonds is 4. The van der Waals surface area contributed by atoms with E-state index in [9.17, 15) is 13.6 Å². The van der Waals surface area contributed by atoms with E-state index in [1.165, 1.54) is 6.07 Å². The monoisotopic (exact) mass is 302 g/mol. The minimum atomic E-state index is -0.810. The van der Waals surface area contributed by atoms with Gasteiger partial charge in [-0.15, -0.1) is 0 Å². The molecule has 22 heavy (non-hydrogen) atoms. The van der Waals surface area contributed by atoms with Crippen LogP contribution in [0, 0.1) is 11.6 Å². The van der Waals surface area contributed by atoms with Crippen LogP contribution in [-0.4, -0.2) is 10.9 Å². The lowest BCUT2D eigenvalue weighted by molar-refractivity contribution is -0.116. The number of carbonyl (C=O) groups is 1. The van der Waals surface area contributed by atoms with Gasteiger partial charge in [0.25, 0.3) is 0 Å². The fourth-order valence-electron chi connectivity index (χ4n) is 2.05. The maximum atomic E-state index is 13.4. The molecule has 3 rings (SSSR count). The van der Waals surface area contributed by atoms with Crippen molar-refractivity contribution in [1.29, 1.82) is 0 Å². The first-order chi connectivity index (χ1) is 10.6. The highest BCUT2D eigenvalue weighted by molar-refractivity contribution is 5.90. The van der Waals surface area contributed by atoms with Crippen molar-refractivity contribution in [3.05, 3.63) is 60.0 Å². The topological polar surface area (TPSA) is 55.1 Å². The fourth-order valence-corrected chi connectivity index (χ4v) is 2.05. The van der Waals surface area contributed by atoms with Gasteiger partial charge >= 0.3 is 0 Å². The van der Waals surface area contributed by atoms with Gasteiger partial charge in [-0.2, -0.15) is 0 Å². The van der Waals surface area contributed by atoms with Crippen LogP contribution in [0.25, 0.3) is 11.1 Å². The second-order valence-corrected chi connectivity index (χ2v) is 4.75. The summed E-state index contributed by atoms with van der Waals surface area (Å²) >= 11 is 0. The lowest BCUT2D eigenvalue weighted by Gasteiger charge is -2.05. The number of carbonyl (C=O) groups excluding carboxylic acids is 1. The highest BCUT2D eigenvalue weighted by Gasteiger charge is 2.11. The van der Waals surface area contributed by atoms with Gasteiger partial charge in [-0.1, -0.05) is 12.1 Å². The van der Waals surface area contributed by atoms with E-state index in [0.29, 0.717) is 17.9 Å². The van der Waals surface area contributed by atoms with Gasteiger partial charge in [-0.25, -0.2) is 13.8 Å². The molecule has 0 unspecified atom stereocenters. The third-order valence-electron chi connectivity index (χ3n) is 3.11. The molecule has 2 aromatic carbocycles. The first-order valence-electron chi connectivity index (χ1n) is 6.71. The normalized spacial score (nSPS) is 10.8. The van der Waals surface area contributed by atoms with Crippen LogP contribution >= 0.6 is 0 Å². The van der Waals surface area contributed by atoms with E-state index in [4.69, 9.17) is 4.42 Å². The van der Waals surface area contributed by atoms with Gasteiger partial charge in [0.05, 0.1) is 5.69 Å². The van der Waals surface area contributed by atoms with E-state index in [0.717, 1.165) is 17.6 Å². The number of aromatic nitrogens is 1. The zero-order valence-corrected chi connectivity index (χ0v) is 11.5. The minimum Gasteiger partial charge on any atom is -0.441 e. The number of halogens is 2. The number of oxazole rings is 1. The van der Waals surface area contributed by atoms with Crippen molar-refractivity contribution >= 4 is 22.7 Å². The van der Waals surface area contributed by atoms with E-state index in [1.807, 2.05) is 18.2 Å². The summed E-state index contributed by atoms with van der Waals surface area (Å²) in [7, 11) is 0. The molecule has 0 aliphatic heterocycles. The van der Waals surface area contributed by atoms with Gasteiger partial charge < -0.3 is 9.73 Å². The van der Waals surface area contributed by atoms with Crippen LogP contribution in [0.5, 0.6) is 0 Å². The van der Waals surface area contributed by atoms with Gasteiger partial charge in [0.1, 0.15) is 17.2 Å². The Morgan fingerprint density at radius 1 is 1.18 bits per heavy atom. The Bertz CT molecular complexity index is 797. The second kappa shape index (κ2) is 5.93. The summed E-state index contributed by atoms with van der Waals surface area (Å²) in [4.78, 5) is 16.0. The number of aryl methyl sites for hydroxylation is 1. The summed E-state index contributed by atoms with van der Waals surface area (Å²) in [5.74, 6) is -1.46. The number of anilines is 1. The Labute approximate surface area is 124 Å². The molecule has 112 valence electrons. The van der Waals surface area contributed by atoms with Crippen LogP contribution in [0.2, 0.25) is 0 Å². The molecule has 1 heterocycles. The summed E-state index contributed by atoms with van der Waals surface area (Å²) in [5.41, 5.74) is 1.33. The first kappa shape index (κ1) is 14.2. The van der Waals surface area contributed by atoms with E-state index >= 15 is 0 Å². The van der Waals surface area contributed by atoms with E-state index in [1.54, 1.807) is 6.07 Å². The molecule has 0 saturated carbocycles. The van der Waals surface area contributed by atoms with E-state index in [-0.39, 0.29) is 12.1 Å². The molecule has 0 radical (unpaired) electrons. The smallest absolute Gasteiger partial charge is 0.224 e. The Morgan fingerprint density at radius 2 is 2.00 bits per heavy atom. The average molecular weight is 302 g/mol. The SMILES string of the molecule is O=C(CCc1nc2ccccc2o1)Nc1ccc(F)cc1F. The number of amides is 1. The van der Waals surface area contributed by atoms with Crippen molar-refractivity contribution in [3.8, 4) is 0 Å². The molecule has 0 aliphatic carbocycles. The summed E-state index contributed by atoms with van der Waals surface area (Å²) in [5, 5.41) is 2.39. The summed E-state index contributed by atoms with van der Waals surface area (Å²) in [6.45, 7) is 0. The summed E-state index contributed by atoms with van der Waals surface area (Å²) < 4.78 is 31.7. The van der Waals surface area contributed by atoms with Crippen LogP contribution in [0.1, 0.15) is 12.3 Å². The molecule has 0 atom stereocenters. The summed E-state index contributed by atoms with van der Waals surface area (Å²) in [6, 6.07) is 10.3. The molecule has 0 saturated heterocycles. The molecular weight excluding hydrogens is 290 g/mol. The standard InChI is InChI=1S/C16H12F2N2O2/c17-10-5-6-12(11(18)9-10)19-15(21)7-8-16-20-13-3-1-2-4-14(13)22-16/h1-6,9H,7-8H2,(H,19,21). The van der Waals surface area contributed by atoms with Crippen molar-refractivity contribution < 1.29 is 18.0 Å². The third kappa shape index (κ3) is 3.11. The molecule has 0 bridgehead atoms. The lowest BCUT2D eigenvalue weighted by Crippen LogP contribution is -2.13. The van der Waals surface area contributed by atoms with Crippen molar-refractivity contribution in [1.82, 2.24) is 4.98 Å². The van der Waals surface area contributed by atoms with Crippen LogP contribution in [-0.2, 0) is 11.2 Å². The molecule has 4 nitrogen and oxygen atoms in total. The zero-order valence-electron chi connectivity index (χ0n) is 11.5. The fraction of sp³-hybridized carbons (Fsp3) is 0.125. The molecule has 1 amide bonds. The van der Waals surface area contributed by atoms with Crippen LogP contribution in [0.15, 0.2) is 46.9 Å². The number of hydrogen-bond acceptors (Lipinski definition) is 3. The molecule has 0 spiro atoms. The number of benzene rings is 2. The molecule has 6 heteroatoms. The summed E-state index contributed by atoms with van der Waals surface area (Å²) in [6.07, 6.45) is 0.382. The predicted molar refractivity (Wildman–Crippen MR) is 77.3 cm³/mol. The third-order valence-corrected chi connectivity index (χ3v) is 3.11. The molecular formula is C16H12F2N2O2. The highest BCUT2D eigenvalue weighted by atomic mass is 19.1. The largest absolute Gasteiger partial charge is 0.441 e. The minimum absolute atomic E-state index is 0.0519. The quantitative estimate of drug-likeness (QED) is 0.800. The van der Waals surface area contributed by atoms with Gasteiger partial charge in [-0.05, 0) is 24.3 Å². The van der Waals surface area contributed by atoms with Crippen molar-refractivity contribution in [2.75, 3.05) is 5.32 Å². The van der Waals surface area contributed by atoms with Crippen molar-refractivity contribution in [3.63, 3.8) is 0 Å². The second-order valence-electron chi connectivity index (χ2n) is 4.75. The predicted octanol–water partition coefficient (Wildman–Crippen LogP) is 3.68. The molecule has 1 aromatic heterocycles. The van der Waals surface area contributed by atoms with Gasteiger partial charge in [0, 0.05) is 18.9 Å². The maximum Gasteiger partial charge on any atom is 0.224 e. The first-order valence-corrected chi connectivity index (χ1v) is 6.71. The van der Waals surface area contributed by atoms with Crippen molar-refractivity contribution in [2.45, 2.75) is 12.8 Å². The molecule has 1 N–H and O–H groups in total. The highest BCUT2D eigenvalue weighted by Crippen LogP contribution is 2.17. The lowest BCUT2D eigenvalue weighted by atomic mass is 10.2. The number of nitrogens with zero attached hydrogens (tertiary/aromatic N) is 1. The Morgan fingerprint density at radius 3 is 2.77 bits per heavy atom. The molecule has 3 aromatic rings. The Kier molecular flexibility index (Phi) is 3.82. The maximum absolute atomic E-state index is 13.4. The average Bonchev–Trinajstić information content (AvgIpc) is 2.91. The molecule has 0 fully saturated rings. The van der Waals surface area contributed by atoms with Gasteiger partial charge in [0.2, 0.25) is 5.91 Å². The zero-order chi connectivity index (χ0) is 15.5. The number of fused-ring (bicyclic) bond motifs is 1. The van der Waals surface area contributed by atoms with Gasteiger partial charge in [0.15, 0.2) is 11.5 Å². The van der Waals surface area contributed by atoms with Crippen molar-refractivity contribution in [2.24, 2.45) is 0 Å². The Hall–Kier alpha value is -2.76. The van der Waals surface area contributed by atoms with E-state index in [2.05, 4.69) is 10.3 Å². The van der Waals surface area contributed by atoms with Gasteiger partial charge in [-0.3, -0.25) is 4.79 Å². The molecule has 0 aliphatic rings. The Balaban J connectivity index is 1.62.